The van der Waals surface area contributed by atoms with Crippen molar-refractivity contribution in [1.29, 1.82) is 0 Å². The second-order valence-electron chi connectivity index (χ2n) is 5.39. The average molecular weight is 471 g/mol. The number of halogens is 2. The van der Waals surface area contributed by atoms with Gasteiger partial charge in [-0.25, -0.2) is 8.42 Å². The van der Waals surface area contributed by atoms with E-state index in [9.17, 15) is 13.2 Å². The zero-order chi connectivity index (χ0) is 17.3. The number of sulfone groups is 1. The van der Waals surface area contributed by atoms with E-state index < -0.39 is 15.9 Å². The van der Waals surface area contributed by atoms with Crippen LogP contribution >= 0.6 is 31.9 Å². The van der Waals surface area contributed by atoms with E-state index in [0.717, 1.165) is 8.95 Å². The number of nitrogens with zero attached hydrogens (tertiary/aromatic N) is 1. The summed E-state index contributed by atoms with van der Waals surface area (Å²) in [5, 5.41) is 1.18. The van der Waals surface area contributed by atoms with Gasteiger partial charge >= 0.3 is 0 Å². The molecule has 1 heterocycles. The fraction of sp³-hybridized carbons (Fsp3) is 0.118. The molecule has 1 atom stereocenters. The first-order valence-corrected chi connectivity index (χ1v) is 10.4. The monoisotopic (exact) mass is 469 g/mol. The molecule has 0 saturated heterocycles. The van der Waals surface area contributed by atoms with Gasteiger partial charge in [-0.15, -0.1) is 0 Å². The Balaban J connectivity index is 2.03. The van der Waals surface area contributed by atoms with Crippen LogP contribution in [-0.4, -0.2) is 26.1 Å². The van der Waals surface area contributed by atoms with Gasteiger partial charge in [0.1, 0.15) is 0 Å². The number of hydrogen-bond acceptors (Lipinski definition) is 3. The summed E-state index contributed by atoms with van der Waals surface area (Å²) in [6.45, 7) is 0. The summed E-state index contributed by atoms with van der Waals surface area (Å²) in [6.07, 6.45) is 1.56. The van der Waals surface area contributed by atoms with Gasteiger partial charge in [-0.05, 0) is 48.5 Å². The third kappa shape index (κ3) is 3.79. The first-order valence-electron chi connectivity index (χ1n) is 7.11. The van der Waals surface area contributed by atoms with Gasteiger partial charge in [-0.1, -0.05) is 37.9 Å². The van der Waals surface area contributed by atoms with Gasteiger partial charge in [0.2, 0.25) is 0 Å². The SMILES string of the molecule is O=C(c1cccc(Br)c1)N(c1ccc(Br)cc1)[C@@H]1C=CS(=O)(=O)C1. The molecule has 0 aromatic heterocycles. The number of benzene rings is 2. The van der Waals surface area contributed by atoms with Gasteiger partial charge in [0.25, 0.3) is 5.91 Å². The summed E-state index contributed by atoms with van der Waals surface area (Å²) in [5.74, 6) is -0.353. The Labute approximate surface area is 157 Å². The number of amides is 1. The van der Waals surface area contributed by atoms with Crippen molar-refractivity contribution < 1.29 is 13.2 Å². The van der Waals surface area contributed by atoms with Crippen molar-refractivity contribution in [2.24, 2.45) is 0 Å². The van der Waals surface area contributed by atoms with Gasteiger partial charge in [0.15, 0.2) is 9.84 Å². The molecular formula is C17H13Br2NO3S. The first-order chi connectivity index (χ1) is 11.4. The lowest BCUT2D eigenvalue weighted by Crippen LogP contribution is -2.41. The number of hydrogen-bond donors (Lipinski definition) is 0. The van der Waals surface area contributed by atoms with Crippen molar-refractivity contribution in [1.82, 2.24) is 0 Å². The normalized spacial score (nSPS) is 18.5. The van der Waals surface area contributed by atoms with Crippen molar-refractivity contribution in [2.45, 2.75) is 6.04 Å². The lowest BCUT2D eigenvalue weighted by Gasteiger charge is -2.28. The molecule has 3 rings (SSSR count). The largest absolute Gasteiger partial charge is 0.300 e. The predicted molar refractivity (Wildman–Crippen MR) is 102 cm³/mol. The van der Waals surface area contributed by atoms with Crippen LogP contribution in [-0.2, 0) is 9.84 Å². The van der Waals surface area contributed by atoms with E-state index in [-0.39, 0.29) is 11.7 Å². The van der Waals surface area contributed by atoms with Crippen LogP contribution in [0.25, 0.3) is 0 Å². The third-order valence-electron chi connectivity index (χ3n) is 3.64. The average Bonchev–Trinajstić information content (AvgIpc) is 2.89. The summed E-state index contributed by atoms with van der Waals surface area (Å²) in [6, 6.07) is 13.7. The fourth-order valence-corrected chi connectivity index (χ4v) is 4.47. The van der Waals surface area contributed by atoms with Gasteiger partial charge < -0.3 is 4.90 Å². The summed E-state index contributed by atoms with van der Waals surface area (Å²) < 4.78 is 25.3. The minimum absolute atomic E-state index is 0.108. The van der Waals surface area contributed by atoms with Crippen molar-refractivity contribution >= 4 is 53.3 Å². The Morgan fingerprint density at radius 1 is 1.04 bits per heavy atom. The Morgan fingerprint density at radius 3 is 2.33 bits per heavy atom. The van der Waals surface area contributed by atoms with Crippen molar-refractivity contribution in [3.8, 4) is 0 Å². The molecule has 0 aliphatic carbocycles. The minimum Gasteiger partial charge on any atom is -0.300 e. The first kappa shape index (κ1) is 17.4. The minimum atomic E-state index is -3.27. The fourth-order valence-electron chi connectivity index (χ4n) is 2.54. The number of rotatable bonds is 3. The van der Waals surface area contributed by atoms with Crippen LogP contribution in [0.4, 0.5) is 5.69 Å². The smallest absolute Gasteiger partial charge is 0.258 e. The van der Waals surface area contributed by atoms with Crippen molar-refractivity contribution in [3.63, 3.8) is 0 Å². The van der Waals surface area contributed by atoms with Crippen LogP contribution in [0, 0.1) is 0 Å². The standard InChI is InChI=1S/C17H13Br2NO3S/c18-13-4-6-15(7-5-13)20(16-8-9-24(22,23)11-16)17(21)12-2-1-3-14(19)10-12/h1-10,16H,11H2/t16-/m1/s1. The summed E-state index contributed by atoms with van der Waals surface area (Å²) in [5.41, 5.74) is 1.14. The highest BCUT2D eigenvalue weighted by Crippen LogP contribution is 2.27. The topological polar surface area (TPSA) is 54.5 Å². The van der Waals surface area contributed by atoms with Crippen LogP contribution in [0.2, 0.25) is 0 Å². The highest BCUT2D eigenvalue weighted by molar-refractivity contribution is 9.10. The molecule has 2 aromatic rings. The second-order valence-corrected chi connectivity index (χ2v) is 9.15. The van der Waals surface area contributed by atoms with Crippen LogP contribution in [0.5, 0.6) is 0 Å². The molecule has 1 aliphatic heterocycles. The number of carbonyl (C=O) groups is 1. The van der Waals surface area contributed by atoms with E-state index in [4.69, 9.17) is 0 Å². The summed E-state index contributed by atoms with van der Waals surface area (Å²) in [7, 11) is -3.27. The van der Waals surface area contributed by atoms with E-state index in [1.54, 1.807) is 36.4 Å². The van der Waals surface area contributed by atoms with Gasteiger partial charge in [-0.2, -0.15) is 0 Å². The van der Waals surface area contributed by atoms with Crippen LogP contribution in [0.3, 0.4) is 0 Å². The molecule has 0 N–H and O–H groups in total. The molecule has 0 bridgehead atoms. The lowest BCUT2D eigenvalue weighted by atomic mass is 10.1. The molecule has 0 unspecified atom stereocenters. The van der Waals surface area contributed by atoms with Crippen LogP contribution in [0.15, 0.2) is 69.0 Å². The number of carbonyl (C=O) groups excluding carboxylic acids is 1. The Hall–Kier alpha value is -1.44. The maximum absolute atomic E-state index is 13.0. The van der Waals surface area contributed by atoms with E-state index >= 15 is 0 Å². The van der Waals surface area contributed by atoms with Crippen molar-refractivity contribution in [2.75, 3.05) is 10.7 Å². The molecule has 124 valence electrons. The predicted octanol–water partition coefficient (Wildman–Crippen LogP) is 4.17. The van der Waals surface area contributed by atoms with Crippen LogP contribution < -0.4 is 4.90 Å². The Morgan fingerprint density at radius 2 is 1.75 bits per heavy atom. The third-order valence-corrected chi connectivity index (χ3v) is 6.04. The molecule has 0 fully saturated rings. The molecule has 1 amide bonds. The molecule has 2 aromatic carbocycles. The van der Waals surface area contributed by atoms with E-state index in [1.165, 1.54) is 10.3 Å². The van der Waals surface area contributed by atoms with E-state index in [1.807, 2.05) is 18.2 Å². The Kier molecular flexibility index (Phi) is 4.94. The number of anilines is 1. The van der Waals surface area contributed by atoms with Crippen LogP contribution in [0.1, 0.15) is 10.4 Å². The van der Waals surface area contributed by atoms with Crippen molar-refractivity contribution in [3.05, 3.63) is 74.5 Å². The molecular weight excluding hydrogens is 458 g/mol. The van der Waals surface area contributed by atoms with Gasteiger partial charge in [0, 0.05) is 25.6 Å². The molecule has 0 spiro atoms. The molecule has 7 heteroatoms. The zero-order valence-corrected chi connectivity index (χ0v) is 16.4. The Bertz CT molecular complexity index is 908. The molecule has 0 radical (unpaired) electrons. The molecule has 24 heavy (non-hydrogen) atoms. The lowest BCUT2D eigenvalue weighted by molar-refractivity contribution is 0.0983. The molecule has 4 nitrogen and oxygen atoms in total. The summed E-state index contributed by atoms with van der Waals surface area (Å²) in [4.78, 5) is 14.6. The molecule has 1 aliphatic rings. The highest BCUT2D eigenvalue weighted by atomic mass is 79.9. The van der Waals surface area contributed by atoms with E-state index in [0.29, 0.717) is 11.3 Å². The maximum atomic E-state index is 13.0. The van der Waals surface area contributed by atoms with Gasteiger partial charge in [0.05, 0.1) is 11.8 Å². The van der Waals surface area contributed by atoms with Gasteiger partial charge in [-0.3, -0.25) is 4.79 Å². The highest BCUT2D eigenvalue weighted by Gasteiger charge is 2.32. The van der Waals surface area contributed by atoms with E-state index in [2.05, 4.69) is 31.9 Å². The quantitative estimate of drug-likeness (QED) is 0.676. The maximum Gasteiger partial charge on any atom is 0.258 e. The second kappa shape index (κ2) is 6.82. The molecule has 0 saturated carbocycles. The zero-order valence-electron chi connectivity index (χ0n) is 12.4. The summed E-state index contributed by atoms with van der Waals surface area (Å²) >= 11 is 6.73.